The largest absolute Gasteiger partial charge is 0.337 e. The van der Waals surface area contributed by atoms with Gasteiger partial charge in [-0.25, -0.2) is 0 Å². The van der Waals surface area contributed by atoms with Crippen LogP contribution in [0.1, 0.15) is 17.3 Å². The molecule has 116 valence electrons. The van der Waals surface area contributed by atoms with Gasteiger partial charge in [-0.2, -0.15) is 0 Å². The zero-order valence-corrected chi connectivity index (χ0v) is 13.8. The van der Waals surface area contributed by atoms with Gasteiger partial charge in [0.05, 0.1) is 11.1 Å². The molecule has 1 aliphatic rings. The Hall–Kier alpha value is -1.65. The van der Waals surface area contributed by atoms with Crippen molar-refractivity contribution in [3.8, 4) is 0 Å². The van der Waals surface area contributed by atoms with Gasteiger partial charge in [0.1, 0.15) is 0 Å². The van der Waals surface area contributed by atoms with E-state index in [0.717, 1.165) is 24.0 Å². The van der Waals surface area contributed by atoms with Crippen LogP contribution in [0.2, 0.25) is 5.02 Å². The molecular formula is C17H20ClN3O. The number of carbonyl (C=O) groups excluding carboxylic acids is 1. The second kappa shape index (κ2) is 5.86. The van der Waals surface area contributed by atoms with Crippen LogP contribution in [0.25, 0.3) is 10.9 Å². The molecule has 1 aromatic carbocycles. The molecule has 0 bridgehead atoms. The summed E-state index contributed by atoms with van der Waals surface area (Å²) in [4.78, 5) is 21.4. The minimum atomic E-state index is 0.0161. The van der Waals surface area contributed by atoms with Crippen LogP contribution in [0.5, 0.6) is 0 Å². The van der Waals surface area contributed by atoms with Gasteiger partial charge in [0.15, 0.2) is 0 Å². The highest BCUT2D eigenvalue weighted by Gasteiger charge is 2.34. The molecule has 2 aromatic rings. The first kappa shape index (κ1) is 15.3. The standard InChI is InChI=1S/C17H20ClN3O/c1-11-9-21(10-15(11)20(2)3)17(22)14-8-13(18)7-12-5-4-6-19-16(12)14/h4-8,11,15H,9-10H2,1-3H3. The van der Waals surface area contributed by atoms with Crippen molar-refractivity contribution in [3.63, 3.8) is 0 Å². The zero-order chi connectivity index (χ0) is 15.9. The fourth-order valence-electron chi connectivity index (χ4n) is 3.28. The Balaban J connectivity index is 1.96. The number of amides is 1. The van der Waals surface area contributed by atoms with Gasteiger partial charge in [0.25, 0.3) is 5.91 Å². The van der Waals surface area contributed by atoms with E-state index in [0.29, 0.717) is 22.5 Å². The molecule has 3 rings (SSSR count). The van der Waals surface area contributed by atoms with Crippen molar-refractivity contribution in [2.24, 2.45) is 5.92 Å². The molecule has 2 unspecified atom stereocenters. The maximum atomic E-state index is 12.9. The fourth-order valence-corrected chi connectivity index (χ4v) is 3.50. The number of aromatic nitrogens is 1. The molecular weight excluding hydrogens is 298 g/mol. The third kappa shape index (κ3) is 2.69. The second-order valence-corrected chi connectivity index (χ2v) is 6.68. The van der Waals surface area contributed by atoms with Crippen molar-refractivity contribution in [1.29, 1.82) is 0 Å². The SMILES string of the molecule is CC1CN(C(=O)c2cc(Cl)cc3cccnc23)CC1N(C)C. The van der Waals surface area contributed by atoms with Crippen LogP contribution in [0.3, 0.4) is 0 Å². The summed E-state index contributed by atoms with van der Waals surface area (Å²) in [5, 5.41) is 1.47. The predicted octanol–water partition coefficient (Wildman–Crippen LogP) is 2.91. The van der Waals surface area contributed by atoms with Crippen LogP contribution in [0.4, 0.5) is 0 Å². The summed E-state index contributed by atoms with van der Waals surface area (Å²) in [7, 11) is 4.12. The smallest absolute Gasteiger partial charge is 0.256 e. The summed E-state index contributed by atoms with van der Waals surface area (Å²) in [6.45, 7) is 3.70. The Kier molecular flexibility index (Phi) is 4.06. The Bertz CT molecular complexity index is 716. The molecule has 1 amide bonds. The number of nitrogens with zero attached hydrogens (tertiary/aromatic N) is 3. The molecule has 1 saturated heterocycles. The van der Waals surface area contributed by atoms with Crippen LogP contribution in [-0.4, -0.2) is 53.9 Å². The van der Waals surface area contributed by atoms with Crippen LogP contribution in [0, 0.1) is 5.92 Å². The number of rotatable bonds is 2. The molecule has 22 heavy (non-hydrogen) atoms. The lowest BCUT2D eigenvalue weighted by Gasteiger charge is -2.22. The molecule has 0 aliphatic carbocycles. The molecule has 1 aliphatic heterocycles. The van der Waals surface area contributed by atoms with E-state index >= 15 is 0 Å². The zero-order valence-electron chi connectivity index (χ0n) is 13.1. The Morgan fingerprint density at radius 1 is 1.36 bits per heavy atom. The highest BCUT2D eigenvalue weighted by atomic mass is 35.5. The van der Waals surface area contributed by atoms with Crippen molar-refractivity contribution in [3.05, 3.63) is 41.0 Å². The van der Waals surface area contributed by atoms with E-state index in [2.05, 4.69) is 30.9 Å². The van der Waals surface area contributed by atoms with Gasteiger partial charge in [-0.1, -0.05) is 24.6 Å². The van der Waals surface area contributed by atoms with Crippen LogP contribution < -0.4 is 0 Å². The second-order valence-electron chi connectivity index (χ2n) is 6.25. The summed E-state index contributed by atoms with van der Waals surface area (Å²) in [6.07, 6.45) is 1.71. The lowest BCUT2D eigenvalue weighted by molar-refractivity contribution is 0.0783. The minimum absolute atomic E-state index is 0.0161. The summed E-state index contributed by atoms with van der Waals surface area (Å²) in [5.74, 6) is 0.472. The highest BCUT2D eigenvalue weighted by Crippen LogP contribution is 2.27. The maximum Gasteiger partial charge on any atom is 0.256 e. The molecule has 0 N–H and O–H groups in total. The average Bonchev–Trinajstić information content (AvgIpc) is 2.87. The Labute approximate surface area is 135 Å². The van der Waals surface area contributed by atoms with Crippen LogP contribution in [-0.2, 0) is 0 Å². The average molecular weight is 318 g/mol. The van der Waals surface area contributed by atoms with Gasteiger partial charge in [-0.3, -0.25) is 9.78 Å². The van der Waals surface area contributed by atoms with Gasteiger partial charge >= 0.3 is 0 Å². The summed E-state index contributed by atoms with van der Waals surface area (Å²) in [5.41, 5.74) is 1.31. The van der Waals surface area contributed by atoms with Crippen molar-refractivity contribution in [1.82, 2.24) is 14.8 Å². The third-order valence-electron chi connectivity index (χ3n) is 4.42. The van der Waals surface area contributed by atoms with E-state index in [1.807, 2.05) is 23.1 Å². The van der Waals surface area contributed by atoms with Crippen LogP contribution >= 0.6 is 11.6 Å². The first-order chi connectivity index (χ1) is 10.5. The topological polar surface area (TPSA) is 36.4 Å². The van der Waals surface area contributed by atoms with Gasteiger partial charge in [-0.15, -0.1) is 0 Å². The van der Waals surface area contributed by atoms with E-state index in [-0.39, 0.29) is 5.91 Å². The van der Waals surface area contributed by atoms with E-state index in [1.165, 1.54) is 0 Å². The molecule has 1 aromatic heterocycles. The first-order valence-electron chi connectivity index (χ1n) is 7.47. The number of halogens is 1. The van der Waals surface area contributed by atoms with E-state index < -0.39 is 0 Å². The van der Waals surface area contributed by atoms with Gasteiger partial charge in [0.2, 0.25) is 0 Å². The lowest BCUT2D eigenvalue weighted by atomic mass is 10.1. The Morgan fingerprint density at radius 3 is 2.82 bits per heavy atom. The van der Waals surface area contributed by atoms with E-state index in [4.69, 9.17) is 11.6 Å². The normalized spacial score (nSPS) is 21.8. The molecule has 0 saturated carbocycles. The monoisotopic (exact) mass is 317 g/mol. The molecule has 0 radical (unpaired) electrons. The maximum absolute atomic E-state index is 12.9. The number of hydrogen-bond acceptors (Lipinski definition) is 3. The van der Waals surface area contributed by atoms with Crippen molar-refractivity contribution in [2.75, 3.05) is 27.2 Å². The molecule has 2 atom stereocenters. The molecule has 2 heterocycles. The van der Waals surface area contributed by atoms with Gasteiger partial charge in [0, 0.05) is 35.7 Å². The molecule has 0 spiro atoms. The number of fused-ring (bicyclic) bond motifs is 1. The third-order valence-corrected chi connectivity index (χ3v) is 4.64. The number of pyridine rings is 1. The van der Waals surface area contributed by atoms with E-state index in [9.17, 15) is 4.79 Å². The Morgan fingerprint density at radius 2 is 2.14 bits per heavy atom. The predicted molar refractivity (Wildman–Crippen MR) is 89.3 cm³/mol. The van der Waals surface area contributed by atoms with Crippen LogP contribution in [0.15, 0.2) is 30.5 Å². The number of hydrogen-bond donors (Lipinski definition) is 0. The summed E-state index contributed by atoms with van der Waals surface area (Å²) in [6, 6.07) is 7.75. The number of likely N-dealkylation sites (tertiary alicyclic amines) is 1. The van der Waals surface area contributed by atoms with Gasteiger partial charge in [-0.05, 0) is 38.2 Å². The lowest BCUT2D eigenvalue weighted by Crippen LogP contribution is -2.35. The first-order valence-corrected chi connectivity index (χ1v) is 7.85. The van der Waals surface area contributed by atoms with Crippen molar-refractivity contribution < 1.29 is 4.79 Å². The van der Waals surface area contributed by atoms with Crippen molar-refractivity contribution >= 4 is 28.4 Å². The summed E-state index contributed by atoms with van der Waals surface area (Å²) < 4.78 is 0. The quantitative estimate of drug-likeness (QED) is 0.854. The highest BCUT2D eigenvalue weighted by molar-refractivity contribution is 6.32. The molecule has 1 fully saturated rings. The molecule has 5 heteroatoms. The number of likely N-dealkylation sites (N-methyl/N-ethyl adjacent to an activating group) is 1. The minimum Gasteiger partial charge on any atom is -0.337 e. The number of benzene rings is 1. The van der Waals surface area contributed by atoms with E-state index in [1.54, 1.807) is 12.3 Å². The fraction of sp³-hybridized carbons (Fsp3) is 0.412. The molecule has 4 nitrogen and oxygen atoms in total. The van der Waals surface area contributed by atoms with Crippen molar-refractivity contribution in [2.45, 2.75) is 13.0 Å². The summed E-state index contributed by atoms with van der Waals surface area (Å²) >= 11 is 6.18. The van der Waals surface area contributed by atoms with Gasteiger partial charge < -0.3 is 9.80 Å². The number of carbonyl (C=O) groups is 1.